The van der Waals surface area contributed by atoms with Gasteiger partial charge in [-0.3, -0.25) is 0 Å². The standard InChI is InChI=1S/C17H15ClFNO/c1-10-4-2-5-11-8-16(21-17(10)11)15(20)9-12-13(18)6-3-7-14(12)19/h2-8,15H,9,20H2,1H3. The van der Waals surface area contributed by atoms with Gasteiger partial charge in [0.05, 0.1) is 6.04 Å². The summed E-state index contributed by atoms with van der Waals surface area (Å²) in [5.74, 6) is 0.295. The molecule has 0 bridgehead atoms. The summed E-state index contributed by atoms with van der Waals surface area (Å²) in [5.41, 5.74) is 8.45. The Hall–Kier alpha value is -1.84. The predicted octanol–water partition coefficient (Wildman–Crippen LogP) is 4.78. The van der Waals surface area contributed by atoms with Crippen molar-refractivity contribution in [2.24, 2.45) is 5.73 Å². The van der Waals surface area contributed by atoms with Crippen LogP contribution >= 0.6 is 11.6 Å². The molecule has 108 valence electrons. The molecule has 2 nitrogen and oxygen atoms in total. The maximum atomic E-state index is 13.8. The molecule has 0 radical (unpaired) electrons. The molecule has 3 rings (SSSR count). The lowest BCUT2D eigenvalue weighted by Gasteiger charge is -2.11. The van der Waals surface area contributed by atoms with Crippen molar-refractivity contribution >= 4 is 22.6 Å². The van der Waals surface area contributed by atoms with Crippen LogP contribution in [0, 0.1) is 12.7 Å². The van der Waals surface area contributed by atoms with Gasteiger partial charge in [0.2, 0.25) is 0 Å². The molecule has 0 amide bonds. The van der Waals surface area contributed by atoms with Crippen LogP contribution < -0.4 is 5.73 Å². The molecule has 0 fully saturated rings. The van der Waals surface area contributed by atoms with Gasteiger partial charge in [0, 0.05) is 16.0 Å². The molecule has 0 spiro atoms. The van der Waals surface area contributed by atoms with Crippen molar-refractivity contribution in [3.05, 3.63) is 70.2 Å². The number of hydrogen-bond acceptors (Lipinski definition) is 2. The second kappa shape index (κ2) is 5.51. The molecule has 1 atom stereocenters. The van der Waals surface area contributed by atoms with Gasteiger partial charge in [-0.25, -0.2) is 4.39 Å². The summed E-state index contributed by atoms with van der Waals surface area (Å²) in [6.45, 7) is 1.98. The van der Waals surface area contributed by atoms with Crippen LogP contribution in [0.4, 0.5) is 4.39 Å². The fourth-order valence-corrected chi connectivity index (χ4v) is 2.70. The highest BCUT2D eigenvalue weighted by molar-refractivity contribution is 6.31. The minimum absolute atomic E-state index is 0.296. The van der Waals surface area contributed by atoms with Gasteiger partial charge in [0.15, 0.2) is 0 Å². The molecule has 0 saturated heterocycles. The van der Waals surface area contributed by atoms with E-state index in [-0.39, 0.29) is 5.82 Å². The minimum Gasteiger partial charge on any atom is -0.459 e. The smallest absolute Gasteiger partial charge is 0.137 e. The Balaban J connectivity index is 1.94. The van der Waals surface area contributed by atoms with E-state index < -0.39 is 6.04 Å². The number of benzene rings is 2. The number of fused-ring (bicyclic) bond motifs is 1. The summed E-state index contributed by atoms with van der Waals surface area (Å²) >= 11 is 6.04. The van der Waals surface area contributed by atoms with Crippen molar-refractivity contribution in [3.8, 4) is 0 Å². The van der Waals surface area contributed by atoms with E-state index >= 15 is 0 Å². The van der Waals surface area contributed by atoms with Crippen LogP contribution in [-0.4, -0.2) is 0 Å². The quantitative estimate of drug-likeness (QED) is 0.756. The van der Waals surface area contributed by atoms with Crippen molar-refractivity contribution in [3.63, 3.8) is 0 Å². The number of rotatable bonds is 3. The number of hydrogen-bond donors (Lipinski definition) is 1. The highest BCUT2D eigenvalue weighted by Gasteiger charge is 2.17. The maximum Gasteiger partial charge on any atom is 0.137 e. The fourth-order valence-electron chi connectivity index (χ4n) is 2.46. The summed E-state index contributed by atoms with van der Waals surface area (Å²) in [6.07, 6.45) is 0.296. The van der Waals surface area contributed by atoms with Crippen LogP contribution in [0.25, 0.3) is 11.0 Å². The maximum absolute atomic E-state index is 13.8. The van der Waals surface area contributed by atoms with Gasteiger partial charge in [-0.1, -0.05) is 35.9 Å². The van der Waals surface area contributed by atoms with E-state index in [0.29, 0.717) is 22.8 Å². The summed E-state index contributed by atoms with van der Waals surface area (Å²) < 4.78 is 19.6. The molecule has 1 heterocycles. The minimum atomic E-state index is -0.439. The molecule has 3 aromatic rings. The SMILES string of the molecule is Cc1cccc2cc(C(N)Cc3c(F)cccc3Cl)oc12. The first-order chi connectivity index (χ1) is 10.1. The molecule has 0 saturated carbocycles. The molecule has 0 aliphatic heterocycles. The zero-order valence-corrected chi connectivity index (χ0v) is 12.3. The van der Waals surface area contributed by atoms with Gasteiger partial charge in [0.1, 0.15) is 17.2 Å². The molecule has 1 aromatic heterocycles. The van der Waals surface area contributed by atoms with Crippen molar-refractivity contribution in [2.45, 2.75) is 19.4 Å². The number of nitrogens with two attached hydrogens (primary N) is 1. The summed E-state index contributed by atoms with van der Waals surface area (Å²) in [7, 11) is 0. The zero-order valence-electron chi connectivity index (χ0n) is 11.6. The van der Waals surface area contributed by atoms with E-state index in [9.17, 15) is 4.39 Å². The van der Waals surface area contributed by atoms with Crippen molar-refractivity contribution in [1.82, 2.24) is 0 Å². The van der Waals surface area contributed by atoms with Gasteiger partial charge in [-0.05, 0) is 37.1 Å². The Morgan fingerprint density at radius 2 is 2.00 bits per heavy atom. The van der Waals surface area contributed by atoms with Gasteiger partial charge in [0.25, 0.3) is 0 Å². The lowest BCUT2D eigenvalue weighted by Crippen LogP contribution is -2.13. The van der Waals surface area contributed by atoms with Crippen LogP contribution in [0.15, 0.2) is 46.9 Å². The third-order valence-corrected chi connectivity index (χ3v) is 3.97. The van der Waals surface area contributed by atoms with Crippen LogP contribution in [0.1, 0.15) is 22.9 Å². The third kappa shape index (κ3) is 2.67. The average molecular weight is 304 g/mol. The first-order valence-electron chi connectivity index (χ1n) is 6.74. The largest absolute Gasteiger partial charge is 0.459 e. The van der Waals surface area contributed by atoms with Gasteiger partial charge in [-0.2, -0.15) is 0 Å². The zero-order chi connectivity index (χ0) is 15.0. The number of halogens is 2. The van der Waals surface area contributed by atoms with Crippen LogP contribution in [0.3, 0.4) is 0 Å². The van der Waals surface area contributed by atoms with Crippen LogP contribution in [-0.2, 0) is 6.42 Å². The molecule has 0 aliphatic rings. The Morgan fingerprint density at radius 1 is 1.24 bits per heavy atom. The van der Waals surface area contributed by atoms with E-state index in [4.69, 9.17) is 21.8 Å². The molecule has 1 unspecified atom stereocenters. The second-order valence-corrected chi connectivity index (χ2v) is 5.56. The second-order valence-electron chi connectivity index (χ2n) is 5.15. The predicted molar refractivity (Wildman–Crippen MR) is 83.0 cm³/mol. The van der Waals surface area contributed by atoms with Gasteiger partial charge < -0.3 is 10.2 Å². The lowest BCUT2D eigenvalue weighted by atomic mass is 10.0. The number of para-hydroxylation sites is 1. The third-order valence-electron chi connectivity index (χ3n) is 3.61. The number of aryl methyl sites for hydroxylation is 1. The normalized spacial score (nSPS) is 12.8. The topological polar surface area (TPSA) is 39.2 Å². The Bertz CT molecular complexity index is 776. The molecule has 0 aliphatic carbocycles. The van der Waals surface area contributed by atoms with E-state index in [2.05, 4.69) is 0 Å². The van der Waals surface area contributed by atoms with Crippen molar-refractivity contribution < 1.29 is 8.81 Å². The molecule has 21 heavy (non-hydrogen) atoms. The van der Waals surface area contributed by atoms with Crippen LogP contribution in [0.2, 0.25) is 5.02 Å². The Morgan fingerprint density at radius 3 is 2.71 bits per heavy atom. The molecular weight excluding hydrogens is 289 g/mol. The van der Waals surface area contributed by atoms with Crippen molar-refractivity contribution in [1.29, 1.82) is 0 Å². The summed E-state index contributed by atoms with van der Waals surface area (Å²) in [4.78, 5) is 0. The average Bonchev–Trinajstić information content (AvgIpc) is 2.88. The van der Waals surface area contributed by atoms with E-state index in [1.54, 1.807) is 12.1 Å². The van der Waals surface area contributed by atoms with E-state index in [0.717, 1.165) is 16.5 Å². The molecule has 4 heteroatoms. The summed E-state index contributed by atoms with van der Waals surface area (Å²) in [5, 5.41) is 1.39. The molecular formula is C17H15ClFNO. The molecule has 2 aromatic carbocycles. The fraction of sp³-hybridized carbons (Fsp3) is 0.176. The van der Waals surface area contributed by atoms with Crippen LogP contribution in [0.5, 0.6) is 0 Å². The van der Waals surface area contributed by atoms with E-state index in [1.165, 1.54) is 6.07 Å². The first-order valence-corrected chi connectivity index (χ1v) is 7.11. The Kier molecular flexibility index (Phi) is 3.70. The highest BCUT2D eigenvalue weighted by atomic mass is 35.5. The monoisotopic (exact) mass is 303 g/mol. The number of furan rings is 1. The van der Waals surface area contributed by atoms with Gasteiger partial charge >= 0.3 is 0 Å². The first kappa shape index (κ1) is 14.1. The Labute approximate surface area is 127 Å². The highest BCUT2D eigenvalue weighted by Crippen LogP contribution is 2.29. The summed E-state index contributed by atoms with van der Waals surface area (Å²) in [6, 6.07) is 12.0. The molecule has 2 N–H and O–H groups in total. The lowest BCUT2D eigenvalue weighted by molar-refractivity contribution is 0.486. The van der Waals surface area contributed by atoms with Gasteiger partial charge in [-0.15, -0.1) is 0 Å². The van der Waals surface area contributed by atoms with E-state index in [1.807, 2.05) is 31.2 Å². The van der Waals surface area contributed by atoms with Crippen molar-refractivity contribution in [2.75, 3.05) is 0 Å².